The average Bonchev–Trinajstić information content (AvgIpc) is 3.08. The third-order valence-electron chi connectivity index (χ3n) is 5.49. The van der Waals surface area contributed by atoms with E-state index in [1.807, 2.05) is 48.5 Å². The predicted octanol–water partition coefficient (Wildman–Crippen LogP) is 5.27. The van der Waals surface area contributed by atoms with Gasteiger partial charge in [0.25, 0.3) is 0 Å². The number of ether oxygens (including phenoxy) is 1. The van der Waals surface area contributed by atoms with E-state index in [1.54, 1.807) is 6.21 Å². The van der Waals surface area contributed by atoms with Crippen LogP contribution < -0.4 is 4.74 Å². The zero-order chi connectivity index (χ0) is 19.9. The van der Waals surface area contributed by atoms with Crippen molar-refractivity contribution in [3.05, 3.63) is 54.1 Å². The zero-order valence-electron chi connectivity index (χ0n) is 16.8. The van der Waals surface area contributed by atoms with Crippen LogP contribution >= 0.6 is 0 Å². The largest absolute Gasteiger partial charge is 0.494 e. The van der Waals surface area contributed by atoms with Crippen LogP contribution in [-0.4, -0.2) is 47.4 Å². The van der Waals surface area contributed by atoms with Crippen LogP contribution in [0.5, 0.6) is 11.6 Å². The van der Waals surface area contributed by atoms with Gasteiger partial charge in [0.2, 0.25) is 0 Å². The van der Waals surface area contributed by atoms with Gasteiger partial charge < -0.3 is 19.7 Å². The number of aliphatic imine (C=N–C) groups is 1. The summed E-state index contributed by atoms with van der Waals surface area (Å²) >= 11 is 0. The molecule has 0 spiro atoms. The molecule has 0 saturated carbocycles. The number of benzene rings is 2. The number of fused-ring (bicyclic) bond motifs is 1. The Balaban J connectivity index is 1.25. The van der Waals surface area contributed by atoms with Gasteiger partial charge in [0.15, 0.2) is 5.88 Å². The number of piperidine rings is 1. The van der Waals surface area contributed by atoms with Gasteiger partial charge in [-0.1, -0.05) is 24.6 Å². The highest BCUT2D eigenvalue weighted by Gasteiger charge is 2.09. The lowest BCUT2D eigenvalue weighted by Gasteiger charge is -2.26. The van der Waals surface area contributed by atoms with Gasteiger partial charge in [0.05, 0.1) is 17.9 Å². The van der Waals surface area contributed by atoms with E-state index >= 15 is 0 Å². The predicted molar refractivity (Wildman–Crippen MR) is 119 cm³/mol. The van der Waals surface area contributed by atoms with Crippen molar-refractivity contribution in [1.29, 1.82) is 0 Å². The Bertz CT molecular complexity index is 940. The molecule has 152 valence electrons. The molecule has 2 N–H and O–H groups in total. The summed E-state index contributed by atoms with van der Waals surface area (Å²) in [6.45, 7) is 4.47. The topological polar surface area (TPSA) is 60.9 Å². The normalized spacial score (nSPS) is 15.3. The first-order chi connectivity index (χ1) is 14.3. The number of rotatable bonds is 8. The molecule has 29 heavy (non-hydrogen) atoms. The Morgan fingerprint density at radius 3 is 2.62 bits per heavy atom. The van der Waals surface area contributed by atoms with Gasteiger partial charge in [-0.15, -0.1) is 0 Å². The monoisotopic (exact) mass is 391 g/mol. The van der Waals surface area contributed by atoms with Crippen LogP contribution in [0.25, 0.3) is 10.9 Å². The summed E-state index contributed by atoms with van der Waals surface area (Å²) in [4.78, 5) is 10.0. The van der Waals surface area contributed by atoms with Crippen molar-refractivity contribution in [3.8, 4) is 11.6 Å². The second-order valence-corrected chi connectivity index (χ2v) is 7.64. The first-order valence-electron chi connectivity index (χ1n) is 10.6. The van der Waals surface area contributed by atoms with Crippen LogP contribution in [0.3, 0.4) is 0 Å². The van der Waals surface area contributed by atoms with Crippen molar-refractivity contribution in [2.45, 2.75) is 32.1 Å². The molecule has 1 saturated heterocycles. The van der Waals surface area contributed by atoms with Crippen LogP contribution in [0.4, 0.5) is 5.69 Å². The highest BCUT2D eigenvalue weighted by molar-refractivity contribution is 6.02. The highest BCUT2D eigenvalue weighted by Crippen LogP contribution is 2.26. The quantitative estimate of drug-likeness (QED) is 0.406. The molecule has 1 aromatic heterocycles. The van der Waals surface area contributed by atoms with Crippen LogP contribution in [0.2, 0.25) is 0 Å². The molecule has 0 atom stereocenters. The molecule has 5 heteroatoms. The van der Waals surface area contributed by atoms with Gasteiger partial charge in [-0.3, -0.25) is 4.99 Å². The number of hydrogen-bond acceptors (Lipinski definition) is 4. The molecule has 2 heterocycles. The van der Waals surface area contributed by atoms with Gasteiger partial charge in [0.1, 0.15) is 5.75 Å². The third-order valence-corrected chi connectivity index (χ3v) is 5.49. The van der Waals surface area contributed by atoms with Gasteiger partial charge >= 0.3 is 0 Å². The fraction of sp³-hybridized carbons (Fsp3) is 0.375. The van der Waals surface area contributed by atoms with E-state index in [4.69, 9.17) is 4.74 Å². The van der Waals surface area contributed by atoms with Crippen LogP contribution in [-0.2, 0) is 0 Å². The molecule has 0 aliphatic carbocycles. The number of nitrogens with zero attached hydrogens (tertiary/aromatic N) is 2. The van der Waals surface area contributed by atoms with Crippen molar-refractivity contribution in [3.63, 3.8) is 0 Å². The Labute approximate surface area is 172 Å². The first-order valence-corrected chi connectivity index (χ1v) is 10.6. The molecule has 4 rings (SSSR count). The van der Waals surface area contributed by atoms with Crippen molar-refractivity contribution in [2.75, 3.05) is 26.2 Å². The number of aromatic hydroxyl groups is 1. The number of hydrogen-bond donors (Lipinski definition) is 2. The van der Waals surface area contributed by atoms with Crippen LogP contribution in [0.15, 0.2) is 53.5 Å². The van der Waals surface area contributed by atoms with Crippen molar-refractivity contribution in [1.82, 2.24) is 9.88 Å². The minimum atomic E-state index is 0.138. The molecule has 0 unspecified atom stereocenters. The minimum Gasteiger partial charge on any atom is -0.494 e. The fourth-order valence-electron chi connectivity index (χ4n) is 3.86. The number of H-pyrrole nitrogens is 1. The average molecular weight is 392 g/mol. The van der Waals surface area contributed by atoms with Gasteiger partial charge in [-0.25, -0.2) is 0 Å². The maximum Gasteiger partial charge on any atom is 0.198 e. The number of aromatic nitrogens is 1. The molecule has 3 aromatic rings. The molecule has 5 nitrogen and oxygen atoms in total. The number of aromatic amines is 1. The Morgan fingerprint density at radius 2 is 1.79 bits per heavy atom. The molecular weight excluding hydrogens is 362 g/mol. The number of likely N-dealkylation sites (tertiary alicyclic amines) is 1. The maximum atomic E-state index is 10.1. The van der Waals surface area contributed by atoms with E-state index in [-0.39, 0.29) is 5.88 Å². The standard InChI is InChI=1S/C24H29N3O2/c28-24-22(21-8-2-3-9-23(21)26-24)18-25-19-10-12-20(13-11-19)29-17-7-6-16-27-14-4-1-5-15-27/h2-3,8-13,18,26,28H,1,4-7,14-17H2. The van der Waals surface area contributed by atoms with E-state index in [0.29, 0.717) is 5.56 Å². The van der Waals surface area contributed by atoms with E-state index in [0.717, 1.165) is 35.4 Å². The lowest BCUT2D eigenvalue weighted by Crippen LogP contribution is -2.30. The SMILES string of the molecule is Oc1[nH]c2ccccc2c1C=Nc1ccc(OCCCCN2CCCCC2)cc1. The van der Waals surface area contributed by atoms with Gasteiger partial charge in [-0.05, 0) is 75.6 Å². The lowest BCUT2D eigenvalue weighted by atomic mass is 10.1. The molecule has 0 bridgehead atoms. The van der Waals surface area contributed by atoms with Crippen LogP contribution in [0, 0.1) is 0 Å². The van der Waals surface area contributed by atoms with Crippen molar-refractivity contribution < 1.29 is 9.84 Å². The summed E-state index contributed by atoms with van der Waals surface area (Å²) < 4.78 is 5.86. The van der Waals surface area contributed by atoms with E-state index < -0.39 is 0 Å². The van der Waals surface area contributed by atoms with Crippen molar-refractivity contribution in [2.24, 2.45) is 4.99 Å². The summed E-state index contributed by atoms with van der Waals surface area (Å²) in [6.07, 6.45) is 8.07. The zero-order valence-corrected chi connectivity index (χ0v) is 16.8. The molecule has 1 fully saturated rings. The maximum absolute atomic E-state index is 10.1. The number of nitrogens with one attached hydrogen (secondary N) is 1. The molecule has 1 aliphatic heterocycles. The number of para-hydroxylation sites is 1. The summed E-state index contributed by atoms with van der Waals surface area (Å²) in [5.41, 5.74) is 2.43. The second-order valence-electron chi connectivity index (χ2n) is 7.64. The van der Waals surface area contributed by atoms with Gasteiger partial charge in [-0.2, -0.15) is 0 Å². The fourth-order valence-corrected chi connectivity index (χ4v) is 3.86. The summed E-state index contributed by atoms with van der Waals surface area (Å²) in [5.74, 6) is 1.01. The summed E-state index contributed by atoms with van der Waals surface area (Å²) in [7, 11) is 0. The number of unbranched alkanes of at least 4 members (excludes halogenated alkanes) is 1. The summed E-state index contributed by atoms with van der Waals surface area (Å²) in [6, 6.07) is 15.6. The Hall–Kier alpha value is -2.79. The second kappa shape index (κ2) is 9.61. The van der Waals surface area contributed by atoms with Crippen molar-refractivity contribution >= 4 is 22.8 Å². The van der Waals surface area contributed by atoms with Gasteiger partial charge in [0, 0.05) is 17.1 Å². The first kappa shape index (κ1) is 19.5. The highest BCUT2D eigenvalue weighted by atomic mass is 16.5. The third kappa shape index (κ3) is 5.18. The lowest BCUT2D eigenvalue weighted by molar-refractivity contribution is 0.216. The van der Waals surface area contributed by atoms with E-state index in [1.165, 1.54) is 45.3 Å². The van der Waals surface area contributed by atoms with Crippen LogP contribution in [0.1, 0.15) is 37.7 Å². The summed E-state index contributed by atoms with van der Waals surface area (Å²) in [5, 5.41) is 11.1. The Kier molecular flexibility index (Phi) is 6.47. The smallest absolute Gasteiger partial charge is 0.198 e. The molecular formula is C24H29N3O2. The molecule has 2 aromatic carbocycles. The minimum absolute atomic E-state index is 0.138. The Morgan fingerprint density at radius 1 is 1.00 bits per heavy atom. The van der Waals surface area contributed by atoms with E-state index in [9.17, 15) is 5.11 Å². The van der Waals surface area contributed by atoms with E-state index in [2.05, 4.69) is 14.9 Å². The molecule has 0 amide bonds. The molecule has 0 radical (unpaired) electrons. The molecule has 1 aliphatic rings.